The van der Waals surface area contributed by atoms with Crippen LogP contribution in [0.3, 0.4) is 0 Å². The molecule has 4 atom stereocenters. The Morgan fingerprint density at radius 1 is 1.19 bits per heavy atom. The predicted octanol–water partition coefficient (Wildman–Crippen LogP) is 3.78. The summed E-state index contributed by atoms with van der Waals surface area (Å²) in [4.78, 5) is 15.2. The van der Waals surface area contributed by atoms with Gasteiger partial charge in [-0.05, 0) is 43.9 Å². The molecule has 1 aliphatic carbocycles. The van der Waals surface area contributed by atoms with E-state index < -0.39 is 0 Å². The molecule has 0 aromatic heterocycles. The second-order valence-electron chi connectivity index (χ2n) is 7.71. The first-order valence-electron chi connectivity index (χ1n) is 9.03. The normalized spacial score (nSPS) is 30.4. The Morgan fingerprint density at radius 2 is 1.81 bits per heavy atom. The Hall–Kier alpha value is -0.570. The van der Waals surface area contributed by atoms with E-state index in [-0.39, 0.29) is 12.2 Å². The largest absolute Gasteiger partial charge is 0.323 e. The fourth-order valence-corrected chi connectivity index (χ4v) is 4.02. The number of amides is 1. The number of carbonyl (C=O) groups is 1. The summed E-state index contributed by atoms with van der Waals surface area (Å²) < 4.78 is 0. The van der Waals surface area contributed by atoms with Crippen LogP contribution in [0.15, 0.2) is 0 Å². The second kappa shape index (κ2) is 7.13. The molecule has 0 aromatic carbocycles. The highest BCUT2D eigenvalue weighted by atomic mass is 16.2. The van der Waals surface area contributed by atoms with E-state index in [0.29, 0.717) is 29.7 Å². The van der Waals surface area contributed by atoms with Crippen LogP contribution in [0.1, 0.15) is 73.1 Å². The van der Waals surface area contributed by atoms with Gasteiger partial charge in [0.05, 0.1) is 12.2 Å². The summed E-state index contributed by atoms with van der Waals surface area (Å²) in [5, 5.41) is 3.70. The standard InChI is InChI=1S/C18H34N2O/c1-6-13(4)14(5)20-17(15-9-7-8-10-15)19-16(18(20)21)11-12(2)3/h12-17,19H,6-11H2,1-5H3. The van der Waals surface area contributed by atoms with Gasteiger partial charge in [-0.3, -0.25) is 10.1 Å². The van der Waals surface area contributed by atoms with Crippen molar-refractivity contribution in [3.8, 4) is 0 Å². The highest BCUT2D eigenvalue weighted by molar-refractivity contribution is 5.84. The van der Waals surface area contributed by atoms with Crippen LogP contribution in [-0.4, -0.2) is 29.1 Å². The van der Waals surface area contributed by atoms with E-state index >= 15 is 0 Å². The number of nitrogens with zero attached hydrogens (tertiary/aromatic N) is 1. The van der Waals surface area contributed by atoms with Crippen molar-refractivity contribution in [1.82, 2.24) is 10.2 Å². The first kappa shape index (κ1) is 16.8. The van der Waals surface area contributed by atoms with Crippen LogP contribution in [0.5, 0.6) is 0 Å². The van der Waals surface area contributed by atoms with Crippen LogP contribution in [-0.2, 0) is 4.79 Å². The Morgan fingerprint density at radius 3 is 2.33 bits per heavy atom. The summed E-state index contributed by atoms with van der Waals surface area (Å²) in [7, 11) is 0. The molecule has 2 aliphatic rings. The minimum Gasteiger partial charge on any atom is -0.323 e. The molecule has 4 unspecified atom stereocenters. The predicted molar refractivity (Wildman–Crippen MR) is 87.9 cm³/mol. The van der Waals surface area contributed by atoms with Gasteiger partial charge in [0.1, 0.15) is 0 Å². The van der Waals surface area contributed by atoms with Crippen molar-refractivity contribution in [3.63, 3.8) is 0 Å². The monoisotopic (exact) mass is 294 g/mol. The van der Waals surface area contributed by atoms with E-state index in [9.17, 15) is 4.79 Å². The summed E-state index contributed by atoms with van der Waals surface area (Å²) in [5.74, 6) is 2.15. The van der Waals surface area contributed by atoms with Crippen LogP contribution in [0.4, 0.5) is 0 Å². The van der Waals surface area contributed by atoms with Gasteiger partial charge in [-0.25, -0.2) is 0 Å². The summed E-state index contributed by atoms with van der Waals surface area (Å²) in [6, 6.07) is 0.389. The molecule has 2 rings (SSSR count). The Balaban J connectivity index is 2.16. The number of hydrogen-bond donors (Lipinski definition) is 1. The molecular formula is C18H34N2O. The Kier molecular flexibility index (Phi) is 5.70. The van der Waals surface area contributed by atoms with Crippen molar-refractivity contribution in [2.45, 2.75) is 91.4 Å². The molecule has 0 radical (unpaired) electrons. The zero-order valence-corrected chi connectivity index (χ0v) is 14.6. The molecule has 1 saturated carbocycles. The highest BCUT2D eigenvalue weighted by Crippen LogP contribution is 2.35. The lowest BCUT2D eigenvalue weighted by atomic mass is 9.96. The molecule has 1 heterocycles. The lowest BCUT2D eigenvalue weighted by Crippen LogP contribution is -2.49. The van der Waals surface area contributed by atoms with Gasteiger partial charge in [0, 0.05) is 6.04 Å². The zero-order chi connectivity index (χ0) is 15.6. The highest BCUT2D eigenvalue weighted by Gasteiger charge is 2.45. The topological polar surface area (TPSA) is 32.3 Å². The molecule has 1 N–H and O–H groups in total. The van der Waals surface area contributed by atoms with Gasteiger partial charge < -0.3 is 4.90 Å². The number of carbonyl (C=O) groups excluding carboxylic acids is 1. The van der Waals surface area contributed by atoms with Crippen molar-refractivity contribution in [2.75, 3.05) is 0 Å². The van der Waals surface area contributed by atoms with E-state index in [1.54, 1.807) is 0 Å². The van der Waals surface area contributed by atoms with E-state index in [2.05, 4.69) is 44.8 Å². The number of hydrogen-bond acceptors (Lipinski definition) is 2. The second-order valence-corrected chi connectivity index (χ2v) is 7.71. The van der Waals surface area contributed by atoms with Gasteiger partial charge in [-0.1, -0.05) is 47.0 Å². The minimum absolute atomic E-state index is 0.0436. The summed E-state index contributed by atoms with van der Waals surface area (Å²) >= 11 is 0. The minimum atomic E-state index is 0.0436. The zero-order valence-electron chi connectivity index (χ0n) is 14.6. The fourth-order valence-electron chi connectivity index (χ4n) is 4.02. The summed E-state index contributed by atoms with van der Waals surface area (Å²) in [6.07, 6.45) is 7.61. The first-order valence-corrected chi connectivity index (χ1v) is 9.03. The van der Waals surface area contributed by atoms with Crippen molar-refractivity contribution >= 4 is 5.91 Å². The number of nitrogens with one attached hydrogen (secondary N) is 1. The molecule has 3 nitrogen and oxygen atoms in total. The van der Waals surface area contributed by atoms with Gasteiger partial charge in [0.25, 0.3) is 0 Å². The average Bonchev–Trinajstić information content (AvgIpc) is 3.06. The lowest BCUT2D eigenvalue weighted by Gasteiger charge is -2.36. The third-order valence-electron chi connectivity index (χ3n) is 5.68. The van der Waals surface area contributed by atoms with Gasteiger partial charge in [-0.2, -0.15) is 0 Å². The van der Waals surface area contributed by atoms with Gasteiger partial charge in [-0.15, -0.1) is 0 Å². The summed E-state index contributed by atoms with van der Waals surface area (Å²) in [5.41, 5.74) is 0. The molecule has 21 heavy (non-hydrogen) atoms. The Bertz CT molecular complexity index is 349. The van der Waals surface area contributed by atoms with Crippen molar-refractivity contribution in [1.29, 1.82) is 0 Å². The van der Waals surface area contributed by atoms with Crippen molar-refractivity contribution in [2.24, 2.45) is 17.8 Å². The first-order chi connectivity index (χ1) is 9.95. The molecule has 1 aliphatic heterocycles. The van der Waals surface area contributed by atoms with Gasteiger partial charge in [0.2, 0.25) is 5.91 Å². The van der Waals surface area contributed by atoms with Crippen LogP contribution >= 0.6 is 0 Å². The van der Waals surface area contributed by atoms with Crippen molar-refractivity contribution in [3.05, 3.63) is 0 Å². The molecule has 1 amide bonds. The van der Waals surface area contributed by atoms with Gasteiger partial charge >= 0.3 is 0 Å². The van der Waals surface area contributed by atoms with Crippen molar-refractivity contribution < 1.29 is 4.79 Å². The molecule has 0 bridgehead atoms. The fraction of sp³-hybridized carbons (Fsp3) is 0.944. The lowest BCUT2D eigenvalue weighted by molar-refractivity contribution is -0.134. The summed E-state index contributed by atoms with van der Waals surface area (Å²) in [6.45, 7) is 11.2. The van der Waals surface area contributed by atoms with Crippen LogP contribution in [0.25, 0.3) is 0 Å². The average molecular weight is 294 g/mol. The maximum atomic E-state index is 12.9. The van der Waals surface area contributed by atoms with E-state index in [4.69, 9.17) is 0 Å². The van der Waals surface area contributed by atoms with Crippen LogP contribution in [0, 0.1) is 17.8 Å². The molecule has 1 saturated heterocycles. The molecule has 3 heteroatoms. The third kappa shape index (κ3) is 3.61. The van der Waals surface area contributed by atoms with E-state index in [0.717, 1.165) is 12.8 Å². The van der Waals surface area contributed by atoms with E-state index in [1.165, 1.54) is 25.7 Å². The molecule has 0 spiro atoms. The Labute approximate surface area is 130 Å². The van der Waals surface area contributed by atoms with Crippen LogP contribution < -0.4 is 5.32 Å². The molecule has 2 fully saturated rings. The number of rotatable bonds is 6. The molecule has 122 valence electrons. The quantitative estimate of drug-likeness (QED) is 0.808. The van der Waals surface area contributed by atoms with E-state index in [1.807, 2.05) is 0 Å². The smallest absolute Gasteiger partial charge is 0.241 e. The maximum absolute atomic E-state index is 12.9. The SMILES string of the molecule is CCC(C)C(C)N1C(=O)C(CC(C)C)NC1C1CCCC1. The van der Waals surface area contributed by atoms with Crippen LogP contribution in [0.2, 0.25) is 0 Å². The third-order valence-corrected chi connectivity index (χ3v) is 5.68. The maximum Gasteiger partial charge on any atom is 0.241 e. The van der Waals surface area contributed by atoms with Gasteiger partial charge in [0.15, 0.2) is 0 Å². The molecular weight excluding hydrogens is 260 g/mol. The molecule has 0 aromatic rings.